The molecule has 0 spiro atoms. The minimum atomic E-state index is -0.997. The lowest BCUT2D eigenvalue weighted by Gasteiger charge is -2.14. The van der Waals surface area contributed by atoms with Crippen molar-refractivity contribution < 1.29 is 9.90 Å². The number of hydrogen-bond acceptors (Lipinski definition) is 2. The third-order valence-electron chi connectivity index (χ3n) is 2.93. The van der Waals surface area contributed by atoms with E-state index >= 15 is 0 Å². The first-order valence-electron chi connectivity index (χ1n) is 4.75. The summed E-state index contributed by atoms with van der Waals surface area (Å²) in [5.41, 5.74) is 3.07. The predicted molar refractivity (Wildman–Crippen MR) is 57.3 cm³/mol. The fourth-order valence-corrected chi connectivity index (χ4v) is 1.60. The molecule has 1 rings (SSSR count). The Labute approximate surface area is 88.2 Å². The molecule has 15 heavy (non-hydrogen) atoms. The van der Waals surface area contributed by atoms with Crippen LogP contribution in [-0.2, 0) is 11.3 Å². The van der Waals surface area contributed by atoms with Gasteiger partial charge in [-0.15, -0.1) is 0 Å². The van der Waals surface area contributed by atoms with Gasteiger partial charge in [0.05, 0.1) is 0 Å². The number of aliphatic carboxylic acids is 1. The summed E-state index contributed by atoms with van der Waals surface area (Å²) in [6.45, 7) is 7.00. The summed E-state index contributed by atoms with van der Waals surface area (Å²) in [5, 5.41) is 8.71. The summed E-state index contributed by atoms with van der Waals surface area (Å²) in [5.74, 6) is -0.997. The molecule has 0 saturated carbocycles. The minimum Gasteiger partial charge on any atom is -0.480 e. The second-order valence-electron chi connectivity index (χ2n) is 3.75. The molecule has 0 fully saturated rings. The summed E-state index contributed by atoms with van der Waals surface area (Å²) in [6.07, 6.45) is 0. The Kier molecular flexibility index (Phi) is 2.98. The van der Waals surface area contributed by atoms with E-state index in [9.17, 15) is 9.59 Å². The Morgan fingerprint density at radius 1 is 1.13 bits per heavy atom. The third-order valence-corrected chi connectivity index (χ3v) is 2.93. The van der Waals surface area contributed by atoms with Crippen LogP contribution in [0.25, 0.3) is 0 Å². The fraction of sp³-hybridized carbons (Fsp3) is 0.455. The number of carboxylic acids is 1. The molecule has 1 heterocycles. The van der Waals surface area contributed by atoms with Gasteiger partial charge < -0.3 is 9.67 Å². The van der Waals surface area contributed by atoms with Gasteiger partial charge in [-0.1, -0.05) is 0 Å². The van der Waals surface area contributed by atoms with Crippen molar-refractivity contribution in [3.63, 3.8) is 0 Å². The van der Waals surface area contributed by atoms with Crippen molar-refractivity contribution in [2.45, 2.75) is 34.2 Å². The largest absolute Gasteiger partial charge is 0.480 e. The monoisotopic (exact) mass is 209 g/mol. The van der Waals surface area contributed by atoms with E-state index in [0.717, 1.165) is 16.8 Å². The number of carboxylic acid groups (broad SMARTS) is 1. The van der Waals surface area contributed by atoms with E-state index in [1.54, 1.807) is 13.8 Å². The molecule has 82 valence electrons. The molecule has 4 nitrogen and oxygen atoms in total. The maximum atomic E-state index is 11.8. The molecule has 0 saturated heterocycles. The number of carbonyl (C=O) groups is 1. The van der Waals surface area contributed by atoms with Crippen LogP contribution in [0.3, 0.4) is 0 Å². The van der Waals surface area contributed by atoms with E-state index in [1.165, 1.54) is 4.57 Å². The molecular formula is C11H15NO3. The van der Waals surface area contributed by atoms with Crippen molar-refractivity contribution >= 4 is 5.97 Å². The normalized spacial score (nSPS) is 10.4. The van der Waals surface area contributed by atoms with Gasteiger partial charge >= 0.3 is 5.97 Å². The maximum absolute atomic E-state index is 11.8. The summed E-state index contributed by atoms with van der Waals surface area (Å²) in [7, 11) is 0. The van der Waals surface area contributed by atoms with Gasteiger partial charge in [0.25, 0.3) is 5.56 Å². The zero-order valence-electron chi connectivity index (χ0n) is 9.42. The summed E-state index contributed by atoms with van der Waals surface area (Å²) < 4.78 is 1.31. The van der Waals surface area contributed by atoms with Gasteiger partial charge in [-0.3, -0.25) is 9.59 Å². The lowest BCUT2D eigenvalue weighted by molar-refractivity contribution is -0.137. The van der Waals surface area contributed by atoms with Gasteiger partial charge in [0.1, 0.15) is 6.54 Å². The summed E-state index contributed by atoms with van der Waals surface area (Å²) in [6, 6.07) is 0. The molecule has 0 radical (unpaired) electrons. The van der Waals surface area contributed by atoms with E-state index in [-0.39, 0.29) is 12.1 Å². The number of pyridine rings is 1. The van der Waals surface area contributed by atoms with Crippen LogP contribution in [0.4, 0.5) is 0 Å². The molecule has 4 heteroatoms. The minimum absolute atomic E-state index is 0.210. The second-order valence-corrected chi connectivity index (χ2v) is 3.75. The molecule has 1 aromatic heterocycles. The van der Waals surface area contributed by atoms with Gasteiger partial charge in [0.2, 0.25) is 0 Å². The first kappa shape index (κ1) is 11.5. The van der Waals surface area contributed by atoms with Crippen LogP contribution in [0.1, 0.15) is 22.4 Å². The van der Waals surface area contributed by atoms with Crippen LogP contribution in [0, 0.1) is 27.7 Å². The first-order valence-corrected chi connectivity index (χ1v) is 4.75. The van der Waals surface area contributed by atoms with E-state index < -0.39 is 5.97 Å². The number of aromatic nitrogens is 1. The molecule has 1 N–H and O–H groups in total. The Morgan fingerprint density at radius 3 is 2.13 bits per heavy atom. The first-order chi connectivity index (χ1) is 6.86. The molecule has 0 atom stereocenters. The molecule has 0 aromatic carbocycles. The number of hydrogen-bond donors (Lipinski definition) is 1. The Balaban J connectivity index is 3.53. The summed E-state index contributed by atoms with van der Waals surface area (Å²) in [4.78, 5) is 22.4. The van der Waals surface area contributed by atoms with Crippen LogP contribution in [-0.4, -0.2) is 15.6 Å². The standard InChI is InChI=1S/C11H15NO3/c1-6-7(2)9(4)12(5-10(13)14)11(15)8(6)3/h5H2,1-4H3,(H,13,14). The van der Waals surface area contributed by atoms with Crippen molar-refractivity contribution in [2.24, 2.45) is 0 Å². The molecular weight excluding hydrogens is 194 g/mol. The number of rotatable bonds is 2. The van der Waals surface area contributed by atoms with Crippen LogP contribution in [0.5, 0.6) is 0 Å². The maximum Gasteiger partial charge on any atom is 0.323 e. The van der Waals surface area contributed by atoms with E-state index in [4.69, 9.17) is 5.11 Å². The van der Waals surface area contributed by atoms with Crippen LogP contribution >= 0.6 is 0 Å². The van der Waals surface area contributed by atoms with E-state index in [0.29, 0.717) is 5.56 Å². The molecule has 0 amide bonds. The van der Waals surface area contributed by atoms with Crippen molar-refractivity contribution in [1.82, 2.24) is 4.57 Å². The Bertz CT molecular complexity index is 472. The third kappa shape index (κ3) is 1.93. The van der Waals surface area contributed by atoms with Crippen LogP contribution in [0.15, 0.2) is 4.79 Å². The lowest BCUT2D eigenvalue weighted by Crippen LogP contribution is -2.29. The van der Waals surface area contributed by atoms with E-state index in [1.807, 2.05) is 13.8 Å². The average Bonchev–Trinajstić information content (AvgIpc) is 2.18. The smallest absolute Gasteiger partial charge is 0.323 e. The topological polar surface area (TPSA) is 59.3 Å². The average molecular weight is 209 g/mol. The van der Waals surface area contributed by atoms with Crippen molar-refractivity contribution in [3.8, 4) is 0 Å². The highest BCUT2D eigenvalue weighted by Gasteiger charge is 2.12. The zero-order chi connectivity index (χ0) is 11.7. The molecule has 1 aromatic rings. The highest BCUT2D eigenvalue weighted by molar-refractivity contribution is 5.66. The zero-order valence-corrected chi connectivity index (χ0v) is 9.42. The van der Waals surface area contributed by atoms with Gasteiger partial charge in [-0.25, -0.2) is 0 Å². The van der Waals surface area contributed by atoms with Crippen molar-refractivity contribution in [2.75, 3.05) is 0 Å². The number of nitrogens with zero attached hydrogens (tertiary/aromatic N) is 1. The molecule has 0 aliphatic carbocycles. The van der Waals surface area contributed by atoms with Crippen LogP contribution in [0.2, 0.25) is 0 Å². The van der Waals surface area contributed by atoms with Crippen molar-refractivity contribution in [3.05, 3.63) is 32.7 Å². The second kappa shape index (κ2) is 3.88. The van der Waals surface area contributed by atoms with Gasteiger partial charge in [0.15, 0.2) is 0 Å². The van der Waals surface area contributed by atoms with E-state index in [2.05, 4.69) is 0 Å². The fourth-order valence-electron chi connectivity index (χ4n) is 1.60. The lowest BCUT2D eigenvalue weighted by atomic mass is 10.0. The van der Waals surface area contributed by atoms with Gasteiger partial charge in [0, 0.05) is 11.3 Å². The molecule has 0 aliphatic rings. The summed E-state index contributed by atoms with van der Waals surface area (Å²) >= 11 is 0. The molecule has 0 aliphatic heterocycles. The SMILES string of the molecule is Cc1c(C)c(C)n(CC(=O)O)c(=O)c1C. The Morgan fingerprint density at radius 2 is 1.67 bits per heavy atom. The molecule has 0 unspecified atom stereocenters. The van der Waals surface area contributed by atoms with Gasteiger partial charge in [-0.05, 0) is 38.8 Å². The molecule has 0 bridgehead atoms. The highest BCUT2D eigenvalue weighted by Crippen LogP contribution is 2.12. The van der Waals surface area contributed by atoms with Gasteiger partial charge in [-0.2, -0.15) is 0 Å². The quantitative estimate of drug-likeness (QED) is 0.795. The van der Waals surface area contributed by atoms with Crippen LogP contribution < -0.4 is 5.56 Å². The van der Waals surface area contributed by atoms with Crippen molar-refractivity contribution in [1.29, 1.82) is 0 Å². The predicted octanol–water partition coefficient (Wildman–Crippen LogP) is 1.17. The Hall–Kier alpha value is -1.58. The highest BCUT2D eigenvalue weighted by atomic mass is 16.4.